The van der Waals surface area contributed by atoms with Crippen LogP contribution in [0.15, 0.2) is 44.4 Å². The molecule has 0 aliphatic rings. The highest BCUT2D eigenvalue weighted by Crippen LogP contribution is 2.34. The van der Waals surface area contributed by atoms with Gasteiger partial charge in [-0.25, -0.2) is 0 Å². The molecule has 1 aromatic carbocycles. The lowest BCUT2D eigenvalue weighted by atomic mass is 10.1. The fourth-order valence-corrected chi connectivity index (χ4v) is 2.63. The first kappa shape index (κ1) is 10.5. The van der Waals surface area contributed by atoms with Crippen LogP contribution in [0.3, 0.4) is 0 Å². The van der Waals surface area contributed by atoms with E-state index in [1.54, 1.807) is 18.0 Å². The first-order valence-corrected chi connectivity index (χ1v) is 6.50. The smallest absolute Gasteiger partial charge is 0.168 e. The van der Waals surface area contributed by atoms with E-state index in [1.165, 1.54) is 0 Å². The molecule has 0 saturated carbocycles. The third kappa shape index (κ3) is 1.65. The number of hydrogen-bond donors (Lipinski definition) is 0. The van der Waals surface area contributed by atoms with Gasteiger partial charge in [0.05, 0.1) is 17.3 Å². The van der Waals surface area contributed by atoms with E-state index in [0.29, 0.717) is 0 Å². The van der Waals surface area contributed by atoms with Gasteiger partial charge >= 0.3 is 0 Å². The van der Waals surface area contributed by atoms with E-state index in [2.05, 4.69) is 11.2 Å². The number of aryl methyl sites for hydroxylation is 1. The maximum Gasteiger partial charge on any atom is 0.168 e. The monoisotopic (exact) mass is 245 g/mol. The fourth-order valence-electron chi connectivity index (χ4n) is 1.93. The molecule has 17 heavy (non-hydrogen) atoms. The van der Waals surface area contributed by atoms with Crippen molar-refractivity contribution in [1.82, 2.24) is 5.16 Å². The van der Waals surface area contributed by atoms with Gasteiger partial charge in [0.1, 0.15) is 5.76 Å². The fraction of sp³-hybridized carbons (Fsp3) is 0.154. The molecule has 0 radical (unpaired) electrons. The molecule has 4 heteroatoms. The lowest BCUT2D eigenvalue weighted by molar-refractivity contribution is 0.450. The maximum atomic E-state index is 5.40. The van der Waals surface area contributed by atoms with Gasteiger partial charge in [-0.15, -0.1) is 11.8 Å². The molecule has 0 saturated heterocycles. The minimum atomic E-state index is 0.806. The first-order chi connectivity index (χ1) is 8.29. The van der Waals surface area contributed by atoms with Crippen LogP contribution >= 0.6 is 11.8 Å². The molecule has 2 aromatic heterocycles. The van der Waals surface area contributed by atoms with Gasteiger partial charge in [0.2, 0.25) is 0 Å². The van der Waals surface area contributed by atoms with Crippen molar-refractivity contribution < 1.29 is 8.94 Å². The van der Waals surface area contributed by atoms with Crippen molar-refractivity contribution in [2.24, 2.45) is 0 Å². The third-order valence-electron chi connectivity index (χ3n) is 2.73. The van der Waals surface area contributed by atoms with Crippen molar-refractivity contribution in [3.05, 3.63) is 36.2 Å². The largest absolute Gasteiger partial charge is 0.464 e. The summed E-state index contributed by atoms with van der Waals surface area (Å²) in [5, 5.41) is 5.10. The molecule has 3 nitrogen and oxygen atoms in total. The van der Waals surface area contributed by atoms with E-state index in [9.17, 15) is 0 Å². The van der Waals surface area contributed by atoms with E-state index in [0.717, 1.165) is 32.9 Å². The van der Waals surface area contributed by atoms with Gasteiger partial charge in [-0.3, -0.25) is 0 Å². The zero-order valence-corrected chi connectivity index (χ0v) is 10.4. The summed E-state index contributed by atoms with van der Waals surface area (Å²) in [6, 6.07) is 7.89. The van der Waals surface area contributed by atoms with Gasteiger partial charge in [0, 0.05) is 10.5 Å². The highest BCUT2D eigenvalue weighted by Gasteiger charge is 2.12. The molecule has 0 atom stereocenters. The molecule has 0 amide bonds. The molecule has 0 aliphatic heterocycles. The van der Waals surface area contributed by atoms with E-state index in [-0.39, 0.29) is 0 Å². The molecule has 0 aliphatic carbocycles. The Labute approximate surface area is 103 Å². The van der Waals surface area contributed by atoms with Crippen LogP contribution in [0, 0.1) is 6.92 Å². The van der Waals surface area contributed by atoms with Crippen LogP contribution < -0.4 is 0 Å². The van der Waals surface area contributed by atoms with E-state index in [4.69, 9.17) is 8.94 Å². The summed E-state index contributed by atoms with van der Waals surface area (Å²) in [4.78, 5) is 1.16. The molecule has 2 heterocycles. The van der Waals surface area contributed by atoms with Crippen LogP contribution in [0.5, 0.6) is 0 Å². The van der Waals surface area contributed by atoms with Crippen molar-refractivity contribution in [2.45, 2.75) is 11.8 Å². The average molecular weight is 245 g/mol. The van der Waals surface area contributed by atoms with Gasteiger partial charge in [0.25, 0.3) is 0 Å². The van der Waals surface area contributed by atoms with E-state index >= 15 is 0 Å². The van der Waals surface area contributed by atoms with Crippen molar-refractivity contribution in [3.63, 3.8) is 0 Å². The Kier molecular flexibility index (Phi) is 2.44. The molecule has 3 rings (SSSR count). The SMILES string of the molecule is CSc1cc(-c2ccco2)cc2onc(C)c12. The number of furan rings is 1. The molecular weight excluding hydrogens is 234 g/mol. The summed E-state index contributed by atoms with van der Waals surface area (Å²) >= 11 is 1.69. The number of aromatic nitrogens is 1. The summed E-state index contributed by atoms with van der Waals surface area (Å²) in [7, 11) is 0. The van der Waals surface area contributed by atoms with Crippen molar-refractivity contribution in [2.75, 3.05) is 6.26 Å². The number of hydrogen-bond acceptors (Lipinski definition) is 4. The Hall–Kier alpha value is -1.68. The summed E-state index contributed by atoms with van der Waals surface area (Å²) in [5.74, 6) is 0.844. The van der Waals surface area contributed by atoms with Crippen LogP contribution in [0.4, 0.5) is 0 Å². The minimum Gasteiger partial charge on any atom is -0.464 e. The van der Waals surface area contributed by atoms with Crippen molar-refractivity contribution in [1.29, 1.82) is 0 Å². The van der Waals surface area contributed by atoms with Crippen molar-refractivity contribution in [3.8, 4) is 11.3 Å². The maximum absolute atomic E-state index is 5.40. The quantitative estimate of drug-likeness (QED) is 0.637. The third-order valence-corrected chi connectivity index (χ3v) is 3.50. The molecule has 3 aromatic rings. The van der Waals surface area contributed by atoms with Gasteiger partial charge in [0.15, 0.2) is 5.58 Å². The Bertz CT molecular complexity index is 655. The van der Waals surface area contributed by atoms with Gasteiger partial charge < -0.3 is 8.94 Å². The van der Waals surface area contributed by atoms with Gasteiger partial charge in [-0.1, -0.05) is 5.16 Å². The van der Waals surface area contributed by atoms with Gasteiger partial charge in [-0.2, -0.15) is 0 Å². The predicted octanol–water partition coefficient (Wildman–Crippen LogP) is 4.12. The standard InChI is InChI=1S/C13H11NO2S/c1-8-13-11(16-14-8)6-9(7-12(13)17-2)10-4-3-5-15-10/h3-7H,1-2H3. The van der Waals surface area contributed by atoms with Crippen LogP contribution in [0.25, 0.3) is 22.3 Å². The summed E-state index contributed by atoms with van der Waals surface area (Å²) in [5.41, 5.74) is 2.75. The van der Waals surface area contributed by atoms with E-state index < -0.39 is 0 Å². The molecule has 0 spiro atoms. The molecular formula is C13H11NO2S. The zero-order valence-electron chi connectivity index (χ0n) is 9.56. The molecule has 0 fully saturated rings. The second kappa shape index (κ2) is 3.96. The number of nitrogens with zero attached hydrogens (tertiary/aromatic N) is 1. The Balaban J connectivity index is 2.29. The Morgan fingerprint density at radius 1 is 1.29 bits per heavy atom. The molecule has 0 N–H and O–H groups in total. The Morgan fingerprint density at radius 3 is 2.88 bits per heavy atom. The highest BCUT2D eigenvalue weighted by atomic mass is 32.2. The van der Waals surface area contributed by atoms with Crippen LogP contribution in [0.1, 0.15) is 5.69 Å². The number of fused-ring (bicyclic) bond motifs is 1. The summed E-state index contributed by atoms with van der Waals surface area (Å²) in [6.45, 7) is 1.96. The lowest BCUT2D eigenvalue weighted by Crippen LogP contribution is -1.80. The predicted molar refractivity (Wildman–Crippen MR) is 68.2 cm³/mol. The van der Waals surface area contributed by atoms with Crippen LogP contribution in [0.2, 0.25) is 0 Å². The highest BCUT2D eigenvalue weighted by molar-refractivity contribution is 7.98. The van der Waals surface area contributed by atoms with Crippen LogP contribution in [-0.4, -0.2) is 11.4 Å². The topological polar surface area (TPSA) is 39.2 Å². The number of thioether (sulfide) groups is 1. The lowest BCUT2D eigenvalue weighted by Gasteiger charge is -2.02. The average Bonchev–Trinajstić information content (AvgIpc) is 2.98. The normalized spacial score (nSPS) is 11.2. The molecule has 0 unspecified atom stereocenters. The number of benzene rings is 1. The zero-order chi connectivity index (χ0) is 11.8. The minimum absolute atomic E-state index is 0.806. The first-order valence-electron chi connectivity index (χ1n) is 5.27. The van der Waals surface area contributed by atoms with E-state index in [1.807, 2.05) is 31.4 Å². The summed E-state index contributed by atoms with van der Waals surface area (Å²) < 4.78 is 10.7. The van der Waals surface area contributed by atoms with Gasteiger partial charge in [-0.05, 0) is 37.4 Å². The second-order valence-electron chi connectivity index (χ2n) is 3.80. The summed E-state index contributed by atoms with van der Waals surface area (Å²) in [6.07, 6.45) is 3.72. The number of rotatable bonds is 2. The second-order valence-corrected chi connectivity index (χ2v) is 4.65. The molecule has 0 bridgehead atoms. The van der Waals surface area contributed by atoms with Crippen molar-refractivity contribution >= 4 is 22.7 Å². The Morgan fingerprint density at radius 2 is 2.18 bits per heavy atom. The molecule has 86 valence electrons. The van der Waals surface area contributed by atoms with Crippen LogP contribution in [-0.2, 0) is 0 Å².